The Morgan fingerprint density at radius 2 is 2.16 bits per heavy atom. The lowest BCUT2D eigenvalue weighted by molar-refractivity contribution is -0.137. The van der Waals surface area contributed by atoms with E-state index in [1.807, 2.05) is 0 Å². The van der Waals surface area contributed by atoms with Crippen molar-refractivity contribution >= 4 is 5.91 Å². The number of likely N-dealkylation sites (tertiary alicyclic amines) is 1. The van der Waals surface area contributed by atoms with Crippen LogP contribution in [0.1, 0.15) is 22.3 Å². The minimum Gasteiger partial charge on any atom is -0.374 e. The first-order chi connectivity index (χ1) is 8.95. The van der Waals surface area contributed by atoms with Gasteiger partial charge in [-0.2, -0.15) is 13.2 Å². The SMILES string of the molecule is O=C(c1cccc(C(F)(F)F)c1)N1CC2CC1CO2. The van der Waals surface area contributed by atoms with E-state index in [4.69, 9.17) is 4.74 Å². The van der Waals surface area contributed by atoms with E-state index in [0.717, 1.165) is 18.6 Å². The molecule has 2 fully saturated rings. The van der Waals surface area contributed by atoms with Crippen LogP contribution in [0.15, 0.2) is 24.3 Å². The smallest absolute Gasteiger partial charge is 0.374 e. The molecule has 2 saturated heterocycles. The van der Waals surface area contributed by atoms with E-state index in [1.54, 1.807) is 4.90 Å². The first-order valence-corrected chi connectivity index (χ1v) is 6.05. The summed E-state index contributed by atoms with van der Waals surface area (Å²) in [7, 11) is 0. The summed E-state index contributed by atoms with van der Waals surface area (Å²) in [5.41, 5.74) is -0.707. The minimum atomic E-state index is -4.43. The quantitative estimate of drug-likeness (QED) is 0.784. The zero-order valence-corrected chi connectivity index (χ0v) is 9.98. The summed E-state index contributed by atoms with van der Waals surface area (Å²) < 4.78 is 43.2. The van der Waals surface area contributed by atoms with Crippen molar-refractivity contribution in [2.24, 2.45) is 0 Å². The molecular formula is C13H12F3NO2. The van der Waals surface area contributed by atoms with Crippen molar-refractivity contribution in [1.82, 2.24) is 4.90 Å². The Kier molecular flexibility index (Phi) is 2.78. The molecule has 2 unspecified atom stereocenters. The molecule has 1 aromatic rings. The molecule has 0 radical (unpaired) electrons. The van der Waals surface area contributed by atoms with Crippen molar-refractivity contribution in [2.45, 2.75) is 24.7 Å². The van der Waals surface area contributed by atoms with Crippen LogP contribution in [-0.4, -0.2) is 36.1 Å². The Bertz CT molecular complexity index is 515. The molecule has 3 nitrogen and oxygen atoms in total. The number of morpholine rings is 1. The molecule has 0 aliphatic carbocycles. The number of alkyl halides is 3. The fraction of sp³-hybridized carbons (Fsp3) is 0.462. The van der Waals surface area contributed by atoms with E-state index in [1.165, 1.54) is 12.1 Å². The highest BCUT2D eigenvalue weighted by atomic mass is 19.4. The van der Waals surface area contributed by atoms with E-state index in [9.17, 15) is 18.0 Å². The van der Waals surface area contributed by atoms with Crippen LogP contribution < -0.4 is 0 Å². The van der Waals surface area contributed by atoms with Crippen LogP contribution in [0.2, 0.25) is 0 Å². The summed E-state index contributed by atoms with van der Waals surface area (Å²) in [4.78, 5) is 13.8. The number of fused-ring (bicyclic) bond motifs is 2. The van der Waals surface area contributed by atoms with Crippen molar-refractivity contribution < 1.29 is 22.7 Å². The van der Waals surface area contributed by atoms with Gasteiger partial charge in [-0.25, -0.2) is 0 Å². The van der Waals surface area contributed by atoms with Crippen molar-refractivity contribution in [3.63, 3.8) is 0 Å². The Balaban J connectivity index is 1.84. The molecule has 102 valence electrons. The Labute approximate surface area is 108 Å². The molecule has 6 heteroatoms. The first-order valence-electron chi connectivity index (χ1n) is 6.05. The maximum atomic E-state index is 12.6. The largest absolute Gasteiger partial charge is 0.416 e. The van der Waals surface area contributed by atoms with E-state index in [2.05, 4.69) is 0 Å². The summed E-state index contributed by atoms with van der Waals surface area (Å²) >= 11 is 0. The second-order valence-corrected chi connectivity index (χ2v) is 4.88. The van der Waals surface area contributed by atoms with Gasteiger partial charge >= 0.3 is 6.18 Å². The van der Waals surface area contributed by atoms with Gasteiger partial charge in [0.2, 0.25) is 0 Å². The van der Waals surface area contributed by atoms with Crippen LogP contribution in [-0.2, 0) is 10.9 Å². The third-order valence-electron chi connectivity index (χ3n) is 3.60. The van der Waals surface area contributed by atoms with Gasteiger partial charge in [0.25, 0.3) is 5.91 Å². The molecule has 19 heavy (non-hydrogen) atoms. The van der Waals surface area contributed by atoms with Gasteiger partial charge in [-0.3, -0.25) is 4.79 Å². The lowest BCUT2D eigenvalue weighted by atomic mass is 10.1. The maximum Gasteiger partial charge on any atom is 0.416 e. The molecule has 2 aliphatic heterocycles. The lowest BCUT2D eigenvalue weighted by Crippen LogP contribution is -2.41. The Hall–Kier alpha value is -1.56. The van der Waals surface area contributed by atoms with E-state index in [-0.39, 0.29) is 23.6 Å². The summed E-state index contributed by atoms with van der Waals surface area (Å²) in [6.45, 7) is 0.953. The number of benzene rings is 1. The van der Waals surface area contributed by atoms with Gasteiger partial charge in [-0.15, -0.1) is 0 Å². The van der Waals surface area contributed by atoms with Gasteiger partial charge in [0, 0.05) is 12.1 Å². The number of ether oxygens (including phenoxy) is 1. The second kappa shape index (κ2) is 4.23. The molecule has 0 saturated carbocycles. The molecule has 2 atom stereocenters. The number of carbonyl (C=O) groups is 1. The molecule has 2 aliphatic rings. The number of rotatable bonds is 1. The van der Waals surface area contributed by atoms with Gasteiger partial charge in [0.15, 0.2) is 0 Å². The number of hydrogen-bond donors (Lipinski definition) is 0. The van der Waals surface area contributed by atoms with Crippen LogP contribution >= 0.6 is 0 Å². The summed E-state index contributed by atoms with van der Waals surface area (Å²) in [6.07, 6.45) is -3.60. The normalized spacial score (nSPS) is 25.9. The molecule has 3 rings (SSSR count). The van der Waals surface area contributed by atoms with Crippen LogP contribution in [0.3, 0.4) is 0 Å². The van der Waals surface area contributed by atoms with Gasteiger partial charge in [-0.05, 0) is 24.6 Å². The van der Waals surface area contributed by atoms with Crippen LogP contribution in [0.4, 0.5) is 13.2 Å². The molecule has 1 aromatic carbocycles. The van der Waals surface area contributed by atoms with Crippen LogP contribution in [0, 0.1) is 0 Å². The topological polar surface area (TPSA) is 29.5 Å². The highest BCUT2D eigenvalue weighted by Gasteiger charge is 2.42. The molecule has 0 N–H and O–H groups in total. The fourth-order valence-corrected chi connectivity index (χ4v) is 2.64. The van der Waals surface area contributed by atoms with Crippen molar-refractivity contribution in [3.05, 3.63) is 35.4 Å². The Morgan fingerprint density at radius 3 is 2.74 bits per heavy atom. The van der Waals surface area contributed by atoms with Gasteiger partial charge < -0.3 is 9.64 Å². The average molecular weight is 271 g/mol. The third-order valence-corrected chi connectivity index (χ3v) is 3.60. The zero-order chi connectivity index (χ0) is 13.6. The summed E-state index contributed by atoms with van der Waals surface area (Å²) in [5, 5.41) is 0. The molecule has 2 heterocycles. The first kappa shape index (κ1) is 12.5. The lowest BCUT2D eigenvalue weighted by Gasteiger charge is -2.27. The predicted octanol–water partition coefficient (Wildman–Crippen LogP) is 2.32. The van der Waals surface area contributed by atoms with E-state index >= 15 is 0 Å². The van der Waals surface area contributed by atoms with Crippen LogP contribution in [0.25, 0.3) is 0 Å². The Morgan fingerprint density at radius 1 is 1.37 bits per heavy atom. The molecule has 1 amide bonds. The monoisotopic (exact) mass is 271 g/mol. The molecule has 0 spiro atoms. The number of amides is 1. The van der Waals surface area contributed by atoms with Crippen molar-refractivity contribution in [2.75, 3.05) is 13.2 Å². The highest BCUT2D eigenvalue weighted by Crippen LogP contribution is 2.32. The number of carbonyl (C=O) groups excluding carboxylic acids is 1. The van der Waals surface area contributed by atoms with Crippen LogP contribution in [0.5, 0.6) is 0 Å². The van der Waals surface area contributed by atoms with Crippen molar-refractivity contribution in [1.29, 1.82) is 0 Å². The highest BCUT2D eigenvalue weighted by molar-refractivity contribution is 5.95. The predicted molar refractivity (Wildman–Crippen MR) is 60.6 cm³/mol. The van der Waals surface area contributed by atoms with Gasteiger partial charge in [0.05, 0.1) is 24.3 Å². The maximum absolute atomic E-state index is 12.6. The minimum absolute atomic E-state index is 0.00652. The molecule has 2 bridgehead atoms. The zero-order valence-electron chi connectivity index (χ0n) is 9.98. The third kappa shape index (κ3) is 2.20. The molecule has 0 aromatic heterocycles. The van der Waals surface area contributed by atoms with Crippen molar-refractivity contribution in [3.8, 4) is 0 Å². The number of nitrogens with zero attached hydrogens (tertiary/aromatic N) is 1. The second-order valence-electron chi connectivity index (χ2n) is 4.88. The van der Waals surface area contributed by atoms with Gasteiger partial charge in [0.1, 0.15) is 0 Å². The summed E-state index contributed by atoms with van der Waals surface area (Å²) in [5.74, 6) is -0.345. The fourth-order valence-electron chi connectivity index (χ4n) is 2.64. The molecular weight excluding hydrogens is 259 g/mol. The number of hydrogen-bond acceptors (Lipinski definition) is 2. The van der Waals surface area contributed by atoms with E-state index in [0.29, 0.717) is 13.2 Å². The number of halogens is 3. The standard InChI is InChI=1S/C13H12F3NO2/c14-13(15,16)9-3-1-2-8(4-9)12(18)17-6-11-5-10(17)7-19-11/h1-4,10-11H,5-7H2. The van der Waals surface area contributed by atoms with Gasteiger partial charge in [-0.1, -0.05) is 6.07 Å². The average Bonchev–Trinajstić information content (AvgIpc) is 2.99. The van der Waals surface area contributed by atoms with E-state index < -0.39 is 11.7 Å². The summed E-state index contributed by atoms with van der Waals surface area (Å²) in [6, 6.07) is 4.57.